The molecule has 88 valence electrons. The zero-order valence-corrected chi connectivity index (χ0v) is 9.12. The summed E-state index contributed by atoms with van der Waals surface area (Å²) in [7, 11) is 0. The minimum atomic E-state index is -0.944. The average Bonchev–Trinajstić information content (AvgIpc) is 3.02. The summed E-state index contributed by atoms with van der Waals surface area (Å²) < 4.78 is 5.09. The summed E-state index contributed by atoms with van der Waals surface area (Å²) in [6.07, 6.45) is 1.08. The number of hydrogen-bond acceptors (Lipinski definition) is 4. The Bertz CT molecular complexity index is 349. The predicted molar refractivity (Wildman–Crippen MR) is 53.4 cm³/mol. The summed E-state index contributed by atoms with van der Waals surface area (Å²) >= 11 is 0. The van der Waals surface area contributed by atoms with E-state index in [9.17, 15) is 14.4 Å². The van der Waals surface area contributed by atoms with Gasteiger partial charge in [0.1, 0.15) is 5.41 Å². The molecule has 1 aliphatic carbocycles. The van der Waals surface area contributed by atoms with E-state index in [4.69, 9.17) is 4.74 Å². The number of carbonyl (C=O) groups is 3. The van der Waals surface area contributed by atoms with Crippen molar-refractivity contribution in [3.8, 4) is 0 Å². The van der Waals surface area contributed by atoms with E-state index in [0.717, 1.165) is 4.90 Å². The minimum absolute atomic E-state index is 0.202. The maximum absolute atomic E-state index is 11.9. The lowest BCUT2D eigenvalue weighted by molar-refractivity contribution is -0.145. The molecule has 2 aliphatic rings. The minimum Gasteiger partial charge on any atom is -0.380 e. The predicted octanol–water partition coefficient (Wildman–Crippen LogP) is -0.119. The molecule has 2 fully saturated rings. The number of hydrogen-bond donors (Lipinski definition) is 1. The molecule has 0 radical (unpaired) electrons. The molecule has 0 aromatic rings. The smallest absolute Gasteiger partial charge is 0.330 e. The quantitative estimate of drug-likeness (QED) is 0.535. The van der Waals surface area contributed by atoms with Crippen LogP contribution in [0.25, 0.3) is 0 Å². The number of imide groups is 2. The second kappa shape index (κ2) is 3.86. The molecule has 1 saturated carbocycles. The molecule has 1 spiro atoms. The summed E-state index contributed by atoms with van der Waals surface area (Å²) in [6, 6.07) is -0.632. The van der Waals surface area contributed by atoms with Crippen LogP contribution in [0.2, 0.25) is 0 Å². The van der Waals surface area contributed by atoms with Gasteiger partial charge in [0.15, 0.2) is 0 Å². The summed E-state index contributed by atoms with van der Waals surface area (Å²) in [4.78, 5) is 35.9. The summed E-state index contributed by atoms with van der Waals surface area (Å²) in [5.41, 5.74) is -0.944. The van der Waals surface area contributed by atoms with Gasteiger partial charge in [-0.25, -0.2) is 4.79 Å². The fourth-order valence-corrected chi connectivity index (χ4v) is 1.80. The largest absolute Gasteiger partial charge is 0.380 e. The Labute approximate surface area is 92.9 Å². The number of rotatable bonds is 4. The SMILES string of the molecule is CCOCCN1C(=O)NC(=O)C2(CC2)C1=O. The molecule has 4 amide bonds. The number of carbonyl (C=O) groups excluding carboxylic acids is 3. The Kier molecular flexibility index (Phi) is 2.67. The zero-order chi connectivity index (χ0) is 11.8. The van der Waals surface area contributed by atoms with Gasteiger partial charge in [-0.2, -0.15) is 0 Å². The lowest BCUT2D eigenvalue weighted by atomic mass is 10.0. The lowest BCUT2D eigenvalue weighted by Gasteiger charge is -2.29. The molecule has 0 bridgehead atoms. The molecule has 1 N–H and O–H groups in total. The van der Waals surface area contributed by atoms with Crippen molar-refractivity contribution >= 4 is 17.8 Å². The molecule has 0 unspecified atom stereocenters. The van der Waals surface area contributed by atoms with Crippen LogP contribution in [0.5, 0.6) is 0 Å². The highest BCUT2D eigenvalue weighted by Crippen LogP contribution is 2.48. The van der Waals surface area contributed by atoms with Crippen LogP contribution in [0.4, 0.5) is 4.79 Å². The van der Waals surface area contributed by atoms with Crippen LogP contribution in [0.15, 0.2) is 0 Å². The van der Waals surface area contributed by atoms with Crippen LogP contribution in [0, 0.1) is 5.41 Å². The summed E-state index contributed by atoms with van der Waals surface area (Å²) in [5, 5.41) is 2.21. The van der Waals surface area contributed by atoms with Gasteiger partial charge >= 0.3 is 6.03 Å². The topological polar surface area (TPSA) is 75.7 Å². The molecular weight excluding hydrogens is 212 g/mol. The molecular formula is C10H14N2O4. The Morgan fingerprint density at radius 3 is 2.62 bits per heavy atom. The van der Waals surface area contributed by atoms with E-state index < -0.39 is 17.4 Å². The van der Waals surface area contributed by atoms with E-state index in [1.54, 1.807) is 0 Å². The molecule has 2 rings (SSSR count). The van der Waals surface area contributed by atoms with E-state index >= 15 is 0 Å². The van der Waals surface area contributed by atoms with Gasteiger partial charge < -0.3 is 4.74 Å². The van der Waals surface area contributed by atoms with Crippen molar-refractivity contribution in [3.63, 3.8) is 0 Å². The maximum atomic E-state index is 11.9. The van der Waals surface area contributed by atoms with E-state index in [2.05, 4.69) is 5.32 Å². The molecule has 16 heavy (non-hydrogen) atoms. The van der Waals surface area contributed by atoms with Gasteiger partial charge in [-0.05, 0) is 19.8 Å². The molecule has 1 saturated heterocycles. The molecule has 0 aromatic heterocycles. The molecule has 1 heterocycles. The highest BCUT2D eigenvalue weighted by atomic mass is 16.5. The van der Waals surface area contributed by atoms with Gasteiger partial charge in [0.05, 0.1) is 13.2 Å². The van der Waals surface area contributed by atoms with Crippen LogP contribution in [0.3, 0.4) is 0 Å². The van der Waals surface area contributed by atoms with Crippen molar-refractivity contribution in [2.45, 2.75) is 19.8 Å². The molecule has 6 heteroatoms. The average molecular weight is 226 g/mol. The van der Waals surface area contributed by atoms with Crippen molar-refractivity contribution in [2.75, 3.05) is 19.8 Å². The van der Waals surface area contributed by atoms with Gasteiger partial charge in [-0.15, -0.1) is 0 Å². The zero-order valence-electron chi connectivity index (χ0n) is 9.12. The highest BCUT2D eigenvalue weighted by Gasteiger charge is 2.62. The third kappa shape index (κ3) is 1.59. The first-order chi connectivity index (χ1) is 7.62. The summed E-state index contributed by atoms with van der Waals surface area (Å²) in [6.45, 7) is 2.88. The Morgan fingerprint density at radius 1 is 1.38 bits per heavy atom. The molecule has 0 atom stereocenters. The number of urea groups is 1. The van der Waals surface area contributed by atoms with Crippen LogP contribution in [-0.4, -0.2) is 42.5 Å². The molecule has 0 aromatic carbocycles. The van der Waals surface area contributed by atoms with Crippen LogP contribution < -0.4 is 5.32 Å². The normalized spacial score (nSPS) is 22.6. The van der Waals surface area contributed by atoms with Crippen LogP contribution >= 0.6 is 0 Å². The van der Waals surface area contributed by atoms with Gasteiger partial charge in [0.2, 0.25) is 11.8 Å². The lowest BCUT2D eigenvalue weighted by Crippen LogP contribution is -2.59. The van der Waals surface area contributed by atoms with E-state index in [1.807, 2.05) is 6.92 Å². The van der Waals surface area contributed by atoms with E-state index in [0.29, 0.717) is 26.1 Å². The van der Waals surface area contributed by atoms with Crippen LogP contribution in [-0.2, 0) is 14.3 Å². The van der Waals surface area contributed by atoms with Gasteiger partial charge in [0.25, 0.3) is 0 Å². The van der Waals surface area contributed by atoms with Crippen molar-refractivity contribution in [3.05, 3.63) is 0 Å². The van der Waals surface area contributed by atoms with Gasteiger partial charge in [-0.3, -0.25) is 19.8 Å². The Balaban J connectivity index is 2.04. The maximum Gasteiger partial charge on any atom is 0.330 e. The highest BCUT2D eigenvalue weighted by molar-refractivity contribution is 6.20. The summed E-state index contributed by atoms with van der Waals surface area (Å²) in [5.74, 6) is -0.823. The van der Waals surface area contributed by atoms with E-state index in [-0.39, 0.29) is 12.5 Å². The Morgan fingerprint density at radius 2 is 2.06 bits per heavy atom. The number of ether oxygens (including phenoxy) is 1. The number of barbiturate groups is 1. The van der Waals surface area contributed by atoms with Crippen molar-refractivity contribution < 1.29 is 19.1 Å². The second-order valence-corrected chi connectivity index (χ2v) is 4.00. The van der Waals surface area contributed by atoms with Crippen LogP contribution in [0.1, 0.15) is 19.8 Å². The van der Waals surface area contributed by atoms with Crippen molar-refractivity contribution in [1.29, 1.82) is 0 Å². The fraction of sp³-hybridized carbons (Fsp3) is 0.700. The number of amides is 4. The third-order valence-corrected chi connectivity index (χ3v) is 2.97. The fourth-order valence-electron chi connectivity index (χ4n) is 1.80. The third-order valence-electron chi connectivity index (χ3n) is 2.97. The first-order valence-electron chi connectivity index (χ1n) is 5.37. The Hall–Kier alpha value is -1.43. The first kappa shape index (κ1) is 11.1. The molecule has 1 aliphatic heterocycles. The first-order valence-corrected chi connectivity index (χ1v) is 5.37. The van der Waals surface area contributed by atoms with E-state index in [1.165, 1.54) is 0 Å². The van der Waals surface area contributed by atoms with Gasteiger partial charge in [-0.1, -0.05) is 0 Å². The van der Waals surface area contributed by atoms with Crippen molar-refractivity contribution in [1.82, 2.24) is 10.2 Å². The number of nitrogens with zero attached hydrogens (tertiary/aromatic N) is 1. The second-order valence-electron chi connectivity index (χ2n) is 4.00. The number of nitrogens with one attached hydrogen (secondary N) is 1. The standard InChI is InChI=1S/C10H14N2O4/c1-2-16-6-5-12-8(14)10(3-4-10)7(13)11-9(12)15/h2-6H2,1H3,(H,11,13,15). The van der Waals surface area contributed by atoms with Gasteiger partial charge in [0, 0.05) is 6.61 Å². The van der Waals surface area contributed by atoms with Crippen molar-refractivity contribution in [2.24, 2.45) is 5.41 Å². The monoisotopic (exact) mass is 226 g/mol. The molecule has 6 nitrogen and oxygen atoms in total.